The molecule has 1 rings (SSSR count). The molecule has 0 heterocycles. The third kappa shape index (κ3) is 3.94. The Bertz CT molecular complexity index is 443. The van der Waals surface area contributed by atoms with Crippen molar-refractivity contribution < 1.29 is 23.1 Å². The number of nitrogens with zero attached hydrogens (tertiary/aromatic N) is 1. The van der Waals surface area contributed by atoms with Gasteiger partial charge in [-0.3, -0.25) is 0 Å². The summed E-state index contributed by atoms with van der Waals surface area (Å²) in [6.07, 6.45) is -5.22. The van der Waals surface area contributed by atoms with Gasteiger partial charge in [0.2, 0.25) is 0 Å². The number of aromatic carboxylic acids is 1. The maximum absolute atomic E-state index is 12.1. The van der Waals surface area contributed by atoms with Crippen LogP contribution in [0.4, 0.5) is 18.9 Å². The smallest absolute Gasteiger partial charge is 0.390 e. The first kappa shape index (κ1) is 14.3. The highest BCUT2D eigenvalue weighted by molar-refractivity contribution is 5.94. The lowest BCUT2D eigenvalue weighted by Gasteiger charge is -2.22. The predicted molar refractivity (Wildman–Crippen MR) is 62.1 cm³/mol. The second-order valence-electron chi connectivity index (χ2n) is 4.11. The van der Waals surface area contributed by atoms with Gasteiger partial charge < -0.3 is 10.0 Å². The summed E-state index contributed by atoms with van der Waals surface area (Å²) < 4.78 is 36.3. The van der Waals surface area contributed by atoms with Crippen molar-refractivity contribution in [2.75, 3.05) is 18.5 Å². The molecule has 0 aliphatic carbocycles. The first-order chi connectivity index (χ1) is 8.20. The molecule has 0 fully saturated rings. The lowest BCUT2D eigenvalue weighted by molar-refractivity contribution is -0.132. The fourth-order valence-corrected chi connectivity index (χ4v) is 1.57. The lowest BCUT2D eigenvalue weighted by Crippen LogP contribution is -2.25. The molecule has 0 atom stereocenters. The zero-order valence-electron chi connectivity index (χ0n) is 10.1. The molecule has 0 saturated carbocycles. The molecule has 0 aliphatic heterocycles. The van der Waals surface area contributed by atoms with Gasteiger partial charge in [0.05, 0.1) is 17.7 Å². The van der Waals surface area contributed by atoms with Crippen molar-refractivity contribution in [2.45, 2.75) is 19.5 Å². The minimum absolute atomic E-state index is 0.0136. The van der Waals surface area contributed by atoms with Crippen molar-refractivity contribution in [1.82, 2.24) is 0 Å². The molecule has 0 unspecified atom stereocenters. The van der Waals surface area contributed by atoms with Crippen molar-refractivity contribution >= 4 is 11.7 Å². The number of hydrogen-bond donors (Lipinski definition) is 1. The minimum atomic E-state index is -4.25. The molecule has 0 aliphatic rings. The molecular weight excluding hydrogens is 247 g/mol. The topological polar surface area (TPSA) is 40.5 Å². The molecule has 100 valence electrons. The molecule has 3 nitrogen and oxygen atoms in total. The van der Waals surface area contributed by atoms with Crippen LogP contribution in [0.15, 0.2) is 18.2 Å². The maximum Gasteiger partial charge on any atom is 0.390 e. The Morgan fingerprint density at radius 1 is 1.39 bits per heavy atom. The van der Waals surface area contributed by atoms with Gasteiger partial charge in [-0.15, -0.1) is 0 Å². The zero-order valence-corrected chi connectivity index (χ0v) is 10.1. The summed E-state index contributed by atoms with van der Waals surface area (Å²) in [5.74, 6) is -1.15. The van der Waals surface area contributed by atoms with E-state index in [9.17, 15) is 18.0 Å². The molecule has 0 bridgehead atoms. The van der Waals surface area contributed by atoms with Crippen LogP contribution in [0.3, 0.4) is 0 Å². The van der Waals surface area contributed by atoms with Crippen LogP contribution < -0.4 is 4.90 Å². The lowest BCUT2D eigenvalue weighted by atomic mass is 10.1. The van der Waals surface area contributed by atoms with E-state index < -0.39 is 18.6 Å². The standard InChI is InChI=1S/C12H14F3NO2/c1-8-3-4-10(9(7-8)11(17)18)16(2)6-5-12(13,14)15/h3-4,7H,5-6H2,1-2H3,(H,17,18). The molecule has 0 radical (unpaired) electrons. The third-order valence-corrected chi connectivity index (χ3v) is 2.52. The van der Waals surface area contributed by atoms with Crippen LogP contribution in [0.5, 0.6) is 0 Å². The minimum Gasteiger partial charge on any atom is -0.478 e. The summed E-state index contributed by atoms with van der Waals surface area (Å²) in [6.45, 7) is 1.46. The van der Waals surface area contributed by atoms with Gasteiger partial charge in [0.1, 0.15) is 0 Å². The molecule has 0 saturated heterocycles. The van der Waals surface area contributed by atoms with Gasteiger partial charge in [0, 0.05) is 13.6 Å². The second kappa shape index (κ2) is 5.29. The van der Waals surface area contributed by atoms with Gasteiger partial charge in [-0.1, -0.05) is 11.6 Å². The number of rotatable bonds is 4. The average molecular weight is 261 g/mol. The summed E-state index contributed by atoms with van der Waals surface area (Å²) in [6, 6.07) is 4.64. The van der Waals surface area contributed by atoms with Gasteiger partial charge >= 0.3 is 12.1 Å². The number of hydrogen-bond acceptors (Lipinski definition) is 2. The van der Waals surface area contributed by atoms with E-state index in [-0.39, 0.29) is 17.8 Å². The van der Waals surface area contributed by atoms with Crippen molar-refractivity contribution in [3.63, 3.8) is 0 Å². The van der Waals surface area contributed by atoms with Crippen molar-refractivity contribution in [3.05, 3.63) is 29.3 Å². The summed E-state index contributed by atoms with van der Waals surface area (Å²) in [5, 5.41) is 9.02. The van der Waals surface area contributed by atoms with E-state index in [1.165, 1.54) is 24.1 Å². The number of anilines is 1. The Balaban J connectivity index is 2.91. The van der Waals surface area contributed by atoms with E-state index >= 15 is 0 Å². The Hall–Kier alpha value is -1.72. The SMILES string of the molecule is Cc1ccc(N(C)CCC(F)(F)F)c(C(=O)O)c1. The summed E-state index contributed by atoms with van der Waals surface area (Å²) >= 11 is 0. The van der Waals surface area contributed by atoms with Gasteiger partial charge in [0.25, 0.3) is 0 Å². The van der Waals surface area contributed by atoms with Crippen LogP contribution in [0.25, 0.3) is 0 Å². The Morgan fingerprint density at radius 2 is 2.00 bits per heavy atom. The fraction of sp³-hybridized carbons (Fsp3) is 0.417. The average Bonchev–Trinajstić information content (AvgIpc) is 2.24. The van der Waals surface area contributed by atoms with Gasteiger partial charge in [0.15, 0.2) is 0 Å². The summed E-state index contributed by atoms with van der Waals surface area (Å²) in [5.41, 5.74) is 1.05. The van der Waals surface area contributed by atoms with E-state index in [1.54, 1.807) is 13.0 Å². The molecule has 6 heteroatoms. The van der Waals surface area contributed by atoms with Crippen LogP contribution in [0.2, 0.25) is 0 Å². The van der Waals surface area contributed by atoms with E-state index in [1.807, 2.05) is 0 Å². The number of carbonyl (C=O) groups is 1. The van der Waals surface area contributed by atoms with E-state index in [4.69, 9.17) is 5.11 Å². The summed E-state index contributed by atoms with van der Waals surface area (Å²) in [7, 11) is 1.45. The van der Waals surface area contributed by atoms with Crippen LogP contribution in [-0.4, -0.2) is 30.8 Å². The largest absolute Gasteiger partial charge is 0.478 e. The normalized spacial score (nSPS) is 11.4. The first-order valence-corrected chi connectivity index (χ1v) is 5.32. The van der Waals surface area contributed by atoms with Gasteiger partial charge in [-0.2, -0.15) is 13.2 Å². The number of halogens is 3. The maximum atomic E-state index is 12.1. The van der Waals surface area contributed by atoms with Crippen LogP contribution in [-0.2, 0) is 0 Å². The highest BCUT2D eigenvalue weighted by atomic mass is 19.4. The second-order valence-corrected chi connectivity index (χ2v) is 4.11. The molecular formula is C12H14F3NO2. The van der Waals surface area contributed by atoms with Crippen molar-refractivity contribution in [2.24, 2.45) is 0 Å². The monoisotopic (exact) mass is 261 g/mol. The highest BCUT2D eigenvalue weighted by Crippen LogP contribution is 2.24. The molecule has 0 amide bonds. The number of benzene rings is 1. The molecule has 1 aromatic carbocycles. The summed E-state index contributed by atoms with van der Waals surface area (Å²) in [4.78, 5) is 12.3. The predicted octanol–water partition coefficient (Wildman–Crippen LogP) is 3.08. The van der Waals surface area contributed by atoms with Crippen molar-refractivity contribution in [1.29, 1.82) is 0 Å². The molecule has 1 aromatic rings. The van der Waals surface area contributed by atoms with Crippen LogP contribution in [0, 0.1) is 6.92 Å². The number of alkyl halides is 3. The first-order valence-electron chi connectivity index (χ1n) is 5.32. The van der Waals surface area contributed by atoms with Crippen molar-refractivity contribution in [3.8, 4) is 0 Å². The van der Waals surface area contributed by atoms with Gasteiger partial charge in [-0.05, 0) is 19.1 Å². The number of carboxylic acid groups (broad SMARTS) is 1. The van der Waals surface area contributed by atoms with Crippen LogP contribution in [0.1, 0.15) is 22.3 Å². The molecule has 0 aromatic heterocycles. The third-order valence-electron chi connectivity index (χ3n) is 2.52. The number of carboxylic acids is 1. The van der Waals surface area contributed by atoms with Crippen LogP contribution >= 0.6 is 0 Å². The Kier molecular flexibility index (Phi) is 4.21. The number of aryl methyl sites for hydroxylation is 1. The molecule has 0 spiro atoms. The molecule has 18 heavy (non-hydrogen) atoms. The van der Waals surface area contributed by atoms with E-state index in [2.05, 4.69) is 0 Å². The fourth-order valence-electron chi connectivity index (χ4n) is 1.57. The quantitative estimate of drug-likeness (QED) is 0.905. The highest BCUT2D eigenvalue weighted by Gasteiger charge is 2.27. The van der Waals surface area contributed by atoms with E-state index in [0.29, 0.717) is 0 Å². The zero-order chi connectivity index (χ0) is 13.9. The Morgan fingerprint density at radius 3 is 2.50 bits per heavy atom. The van der Waals surface area contributed by atoms with E-state index in [0.717, 1.165) is 5.56 Å². The van der Waals surface area contributed by atoms with Gasteiger partial charge in [-0.25, -0.2) is 4.79 Å². The molecule has 1 N–H and O–H groups in total. The Labute approximate surface area is 103 Å².